The number of pyridine rings is 1. The van der Waals surface area contributed by atoms with Crippen molar-refractivity contribution in [2.45, 2.75) is 19.3 Å². The van der Waals surface area contributed by atoms with E-state index in [0.717, 1.165) is 54.7 Å². The Morgan fingerprint density at radius 1 is 1.00 bits per heavy atom. The van der Waals surface area contributed by atoms with Crippen molar-refractivity contribution in [3.8, 4) is 17.0 Å². The van der Waals surface area contributed by atoms with E-state index in [-0.39, 0.29) is 5.91 Å². The minimum absolute atomic E-state index is 0.00870. The monoisotopic (exact) mass is 440 g/mol. The van der Waals surface area contributed by atoms with E-state index in [1.807, 2.05) is 48.3 Å². The van der Waals surface area contributed by atoms with Gasteiger partial charge in [-0.15, -0.1) is 0 Å². The van der Waals surface area contributed by atoms with Gasteiger partial charge in [0.25, 0.3) is 5.91 Å². The minimum Gasteiger partial charge on any atom is -0.496 e. The molecule has 168 valence electrons. The molecule has 0 bridgehead atoms. The van der Waals surface area contributed by atoms with Crippen molar-refractivity contribution >= 4 is 16.9 Å². The molecule has 3 heterocycles. The Labute approximate surface area is 193 Å². The maximum absolute atomic E-state index is 13.3. The lowest BCUT2D eigenvalue weighted by Gasteiger charge is -2.31. The van der Waals surface area contributed by atoms with Crippen molar-refractivity contribution in [2.75, 3.05) is 20.2 Å². The highest BCUT2D eigenvalue weighted by Gasteiger charge is 2.27. The third-order valence-corrected chi connectivity index (χ3v) is 6.54. The van der Waals surface area contributed by atoms with Gasteiger partial charge >= 0.3 is 0 Å². The van der Waals surface area contributed by atoms with E-state index < -0.39 is 0 Å². The molecule has 6 nitrogen and oxygen atoms in total. The van der Waals surface area contributed by atoms with E-state index in [4.69, 9.17) is 9.72 Å². The lowest BCUT2D eigenvalue weighted by atomic mass is 9.90. The van der Waals surface area contributed by atoms with Crippen molar-refractivity contribution in [2.24, 2.45) is 13.0 Å². The molecule has 1 saturated heterocycles. The molecule has 0 N–H and O–H groups in total. The van der Waals surface area contributed by atoms with Crippen molar-refractivity contribution in [3.63, 3.8) is 0 Å². The van der Waals surface area contributed by atoms with Gasteiger partial charge in [-0.2, -0.15) is 5.10 Å². The summed E-state index contributed by atoms with van der Waals surface area (Å²) in [6.07, 6.45) is 3.11. The zero-order valence-corrected chi connectivity index (χ0v) is 19.1. The van der Waals surface area contributed by atoms with Crippen LogP contribution in [0.2, 0.25) is 0 Å². The molecular weight excluding hydrogens is 412 g/mol. The summed E-state index contributed by atoms with van der Waals surface area (Å²) in [5.41, 5.74) is 4.25. The van der Waals surface area contributed by atoms with Crippen LogP contribution in [0.1, 0.15) is 28.9 Å². The largest absolute Gasteiger partial charge is 0.496 e. The van der Waals surface area contributed by atoms with E-state index in [1.165, 1.54) is 5.56 Å². The van der Waals surface area contributed by atoms with Crippen LogP contribution >= 0.6 is 0 Å². The van der Waals surface area contributed by atoms with Gasteiger partial charge in [0, 0.05) is 25.7 Å². The van der Waals surface area contributed by atoms with E-state index in [0.29, 0.717) is 17.3 Å². The average Bonchev–Trinajstić information content (AvgIpc) is 3.20. The average molecular weight is 441 g/mol. The topological polar surface area (TPSA) is 60.2 Å². The molecule has 5 rings (SSSR count). The summed E-state index contributed by atoms with van der Waals surface area (Å²) in [5.74, 6) is 1.37. The Hall–Kier alpha value is -3.67. The maximum atomic E-state index is 13.3. The number of fused-ring (bicyclic) bond motifs is 1. The number of ether oxygens (including phenoxy) is 1. The van der Waals surface area contributed by atoms with Gasteiger partial charge in [0.1, 0.15) is 5.75 Å². The van der Waals surface area contributed by atoms with Gasteiger partial charge in [0.2, 0.25) is 0 Å². The standard InChI is InChI=1S/C27H28N4O2/c1-30-26-22(12-13-23(28-26)21-10-6-7-11-24(21)33-2)25(29-30)27(32)31-16-14-20(15-17-31)18-19-8-4-3-5-9-19/h3-13,20H,14-18H2,1-2H3. The van der Waals surface area contributed by atoms with Crippen LogP contribution in [-0.4, -0.2) is 45.8 Å². The van der Waals surface area contributed by atoms with Crippen molar-refractivity contribution in [1.82, 2.24) is 19.7 Å². The van der Waals surface area contributed by atoms with Crippen LogP contribution in [0.3, 0.4) is 0 Å². The van der Waals surface area contributed by atoms with Crippen LogP contribution in [0.25, 0.3) is 22.3 Å². The summed E-state index contributed by atoms with van der Waals surface area (Å²) in [5, 5.41) is 5.35. The number of carbonyl (C=O) groups excluding carboxylic acids is 1. The predicted molar refractivity (Wildman–Crippen MR) is 129 cm³/mol. The summed E-state index contributed by atoms with van der Waals surface area (Å²) < 4.78 is 7.19. The van der Waals surface area contributed by atoms with Gasteiger partial charge in [0.15, 0.2) is 11.3 Å². The van der Waals surface area contributed by atoms with Gasteiger partial charge < -0.3 is 9.64 Å². The molecule has 1 fully saturated rings. The Kier molecular flexibility index (Phi) is 5.82. The zero-order valence-electron chi connectivity index (χ0n) is 19.1. The first kappa shape index (κ1) is 21.2. The van der Waals surface area contributed by atoms with Gasteiger partial charge in [-0.25, -0.2) is 9.67 Å². The summed E-state index contributed by atoms with van der Waals surface area (Å²) in [6, 6.07) is 22.3. The smallest absolute Gasteiger partial charge is 0.275 e. The Morgan fingerprint density at radius 3 is 2.48 bits per heavy atom. The lowest BCUT2D eigenvalue weighted by Crippen LogP contribution is -2.39. The van der Waals surface area contributed by atoms with Gasteiger partial charge in [-0.05, 0) is 55.0 Å². The SMILES string of the molecule is COc1ccccc1-c1ccc2c(C(=O)N3CCC(Cc4ccccc4)CC3)nn(C)c2n1. The number of aromatic nitrogens is 3. The molecule has 0 spiro atoms. The van der Waals surface area contributed by atoms with Gasteiger partial charge in [-0.3, -0.25) is 4.79 Å². The summed E-state index contributed by atoms with van der Waals surface area (Å²) in [6.45, 7) is 1.53. The molecule has 0 atom stereocenters. The number of rotatable bonds is 5. The Balaban J connectivity index is 1.34. The molecule has 1 aliphatic heterocycles. The maximum Gasteiger partial charge on any atom is 0.275 e. The van der Waals surface area contributed by atoms with Crippen LogP contribution < -0.4 is 4.74 Å². The van der Waals surface area contributed by atoms with E-state index >= 15 is 0 Å². The number of benzene rings is 2. The third kappa shape index (κ3) is 4.21. The molecule has 1 amide bonds. The van der Waals surface area contributed by atoms with Crippen LogP contribution in [0.15, 0.2) is 66.7 Å². The molecular formula is C27H28N4O2. The highest BCUT2D eigenvalue weighted by atomic mass is 16.5. The zero-order chi connectivity index (χ0) is 22.8. The van der Waals surface area contributed by atoms with Crippen LogP contribution in [0.5, 0.6) is 5.75 Å². The Bertz CT molecular complexity index is 1270. The Morgan fingerprint density at radius 2 is 1.73 bits per heavy atom. The van der Waals surface area contributed by atoms with Crippen molar-refractivity contribution in [1.29, 1.82) is 0 Å². The first-order valence-corrected chi connectivity index (χ1v) is 11.4. The molecule has 4 aromatic rings. The molecule has 2 aromatic heterocycles. The third-order valence-electron chi connectivity index (χ3n) is 6.54. The second-order valence-corrected chi connectivity index (χ2v) is 8.67. The lowest BCUT2D eigenvalue weighted by molar-refractivity contribution is 0.0685. The number of nitrogens with zero attached hydrogens (tertiary/aromatic N) is 4. The number of hydrogen-bond donors (Lipinski definition) is 0. The normalized spacial score (nSPS) is 14.5. The number of hydrogen-bond acceptors (Lipinski definition) is 4. The van der Waals surface area contributed by atoms with Crippen LogP contribution in [-0.2, 0) is 13.5 Å². The number of amides is 1. The number of aryl methyl sites for hydroxylation is 1. The van der Waals surface area contributed by atoms with Gasteiger partial charge in [0.05, 0.1) is 18.2 Å². The number of carbonyl (C=O) groups is 1. The fourth-order valence-electron chi connectivity index (χ4n) is 4.73. The minimum atomic E-state index is -0.00870. The number of likely N-dealkylation sites (tertiary alicyclic amines) is 1. The summed E-state index contributed by atoms with van der Waals surface area (Å²) in [4.78, 5) is 20.1. The van der Waals surface area contributed by atoms with Crippen LogP contribution in [0, 0.1) is 5.92 Å². The molecule has 0 radical (unpaired) electrons. The first-order chi connectivity index (χ1) is 16.1. The number of piperidine rings is 1. The van der Waals surface area contributed by atoms with E-state index in [1.54, 1.807) is 11.8 Å². The predicted octanol–water partition coefficient (Wildman–Crippen LogP) is 4.74. The molecule has 0 saturated carbocycles. The van der Waals surface area contributed by atoms with E-state index in [2.05, 4.69) is 35.4 Å². The first-order valence-electron chi connectivity index (χ1n) is 11.4. The highest BCUT2D eigenvalue weighted by molar-refractivity contribution is 6.04. The fourth-order valence-corrected chi connectivity index (χ4v) is 4.73. The van der Waals surface area contributed by atoms with Crippen molar-refractivity contribution < 1.29 is 9.53 Å². The van der Waals surface area contributed by atoms with Gasteiger partial charge in [-0.1, -0.05) is 42.5 Å². The molecule has 0 aliphatic carbocycles. The summed E-state index contributed by atoms with van der Waals surface area (Å²) in [7, 11) is 3.49. The molecule has 0 unspecified atom stereocenters. The molecule has 33 heavy (non-hydrogen) atoms. The highest BCUT2D eigenvalue weighted by Crippen LogP contribution is 2.31. The number of para-hydroxylation sites is 1. The van der Waals surface area contributed by atoms with E-state index in [9.17, 15) is 4.79 Å². The molecule has 6 heteroatoms. The fraction of sp³-hybridized carbons (Fsp3) is 0.296. The molecule has 2 aromatic carbocycles. The quantitative estimate of drug-likeness (QED) is 0.450. The summed E-state index contributed by atoms with van der Waals surface area (Å²) >= 11 is 0. The van der Waals surface area contributed by atoms with Crippen molar-refractivity contribution in [3.05, 3.63) is 78.0 Å². The molecule has 1 aliphatic rings. The second-order valence-electron chi connectivity index (χ2n) is 8.67. The van der Waals surface area contributed by atoms with Crippen LogP contribution in [0.4, 0.5) is 0 Å². The second kappa shape index (κ2) is 9.06. The number of methoxy groups -OCH3 is 1.